The molecule has 108 valence electrons. The van der Waals surface area contributed by atoms with E-state index in [1.807, 2.05) is 30.3 Å². The second-order valence-corrected chi connectivity index (χ2v) is 5.39. The van der Waals surface area contributed by atoms with Crippen molar-refractivity contribution in [3.8, 4) is 17.2 Å². The first kappa shape index (κ1) is 13.0. The SMILES string of the molecule is COc1ccc2c(c1)C(c1ccccc1)c1ccccc1O2. The third kappa shape index (κ3) is 2.04. The molecule has 1 aliphatic heterocycles. The van der Waals surface area contributed by atoms with Crippen LogP contribution in [0.3, 0.4) is 0 Å². The van der Waals surface area contributed by atoms with Crippen LogP contribution in [0.5, 0.6) is 17.2 Å². The molecule has 3 aromatic rings. The molecule has 0 radical (unpaired) electrons. The molecule has 0 aromatic heterocycles. The maximum Gasteiger partial charge on any atom is 0.131 e. The van der Waals surface area contributed by atoms with E-state index in [0.29, 0.717) is 0 Å². The molecule has 22 heavy (non-hydrogen) atoms. The minimum Gasteiger partial charge on any atom is -0.497 e. The van der Waals surface area contributed by atoms with Gasteiger partial charge in [-0.05, 0) is 29.8 Å². The van der Waals surface area contributed by atoms with Gasteiger partial charge in [-0.15, -0.1) is 0 Å². The van der Waals surface area contributed by atoms with Crippen molar-refractivity contribution in [3.05, 3.63) is 89.5 Å². The van der Waals surface area contributed by atoms with E-state index in [9.17, 15) is 0 Å². The fraction of sp³-hybridized carbons (Fsp3) is 0.100. The van der Waals surface area contributed by atoms with E-state index in [0.717, 1.165) is 22.8 Å². The molecule has 2 heteroatoms. The number of ether oxygens (including phenoxy) is 2. The van der Waals surface area contributed by atoms with E-state index in [1.54, 1.807) is 7.11 Å². The van der Waals surface area contributed by atoms with Crippen molar-refractivity contribution in [1.82, 2.24) is 0 Å². The predicted octanol–water partition coefficient (Wildman–Crippen LogP) is 4.98. The van der Waals surface area contributed by atoms with Gasteiger partial charge >= 0.3 is 0 Å². The normalized spacial score (nSPS) is 15.4. The van der Waals surface area contributed by atoms with Gasteiger partial charge in [0, 0.05) is 17.0 Å². The van der Waals surface area contributed by atoms with Crippen LogP contribution in [-0.4, -0.2) is 7.11 Å². The Balaban J connectivity index is 1.96. The van der Waals surface area contributed by atoms with Gasteiger partial charge in [0.15, 0.2) is 0 Å². The van der Waals surface area contributed by atoms with E-state index >= 15 is 0 Å². The molecule has 0 saturated carbocycles. The first-order valence-corrected chi connectivity index (χ1v) is 7.36. The number of hydrogen-bond acceptors (Lipinski definition) is 2. The number of fused-ring (bicyclic) bond motifs is 2. The number of rotatable bonds is 2. The first-order chi connectivity index (χ1) is 10.9. The van der Waals surface area contributed by atoms with Crippen molar-refractivity contribution >= 4 is 0 Å². The van der Waals surface area contributed by atoms with Gasteiger partial charge in [0.2, 0.25) is 0 Å². The maximum absolute atomic E-state index is 6.07. The lowest BCUT2D eigenvalue weighted by Gasteiger charge is -2.29. The van der Waals surface area contributed by atoms with Gasteiger partial charge in [-0.1, -0.05) is 48.5 Å². The fourth-order valence-electron chi connectivity index (χ4n) is 3.07. The van der Waals surface area contributed by atoms with E-state index in [1.165, 1.54) is 11.1 Å². The highest BCUT2D eigenvalue weighted by atomic mass is 16.5. The van der Waals surface area contributed by atoms with Crippen LogP contribution in [-0.2, 0) is 0 Å². The van der Waals surface area contributed by atoms with Gasteiger partial charge in [-0.3, -0.25) is 0 Å². The highest BCUT2D eigenvalue weighted by Gasteiger charge is 2.28. The summed E-state index contributed by atoms with van der Waals surface area (Å²) in [7, 11) is 1.69. The van der Waals surface area contributed by atoms with Gasteiger partial charge in [-0.2, -0.15) is 0 Å². The third-order valence-electron chi connectivity index (χ3n) is 4.11. The summed E-state index contributed by atoms with van der Waals surface area (Å²) in [6, 6.07) is 24.7. The third-order valence-corrected chi connectivity index (χ3v) is 4.11. The number of benzene rings is 3. The van der Waals surface area contributed by atoms with Crippen molar-refractivity contribution in [1.29, 1.82) is 0 Å². The standard InChI is InChI=1S/C20H16O2/c1-21-15-11-12-19-17(13-15)20(14-7-3-2-4-8-14)16-9-5-6-10-18(16)22-19/h2-13,20H,1H3. The molecule has 1 aliphatic rings. The Morgan fingerprint density at radius 1 is 0.773 bits per heavy atom. The molecule has 0 bridgehead atoms. The second kappa shape index (κ2) is 5.23. The van der Waals surface area contributed by atoms with Crippen LogP contribution in [0, 0.1) is 0 Å². The summed E-state index contributed by atoms with van der Waals surface area (Å²) in [4.78, 5) is 0. The van der Waals surface area contributed by atoms with E-state index in [4.69, 9.17) is 9.47 Å². The minimum atomic E-state index is 0.163. The van der Waals surface area contributed by atoms with Crippen LogP contribution in [0.4, 0.5) is 0 Å². The minimum absolute atomic E-state index is 0.163. The molecule has 0 aliphatic carbocycles. The van der Waals surface area contributed by atoms with Crippen molar-refractivity contribution in [2.45, 2.75) is 5.92 Å². The van der Waals surface area contributed by atoms with E-state index in [2.05, 4.69) is 42.5 Å². The molecule has 0 spiro atoms. The number of hydrogen-bond donors (Lipinski definition) is 0. The average molecular weight is 288 g/mol. The van der Waals surface area contributed by atoms with Gasteiger partial charge in [0.05, 0.1) is 7.11 Å². The van der Waals surface area contributed by atoms with Gasteiger partial charge in [-0.25, -0.2) is 0 Å². The molecule has 0 fully saturated rings. The largest absolute Gasteiger partial charge is 0.497 e. The molecular weight excluding hydrogens is 272 g/mol. The van der Waals surface area contributed by atoms with Crippen LogP contribution in [0.15, 0.2) is 72.8 Å². The van der Waals surface area contributed by atoms with Crippen molar-refractivity contribution < 1.29 is 9.47 Å². The fourth-order valence-corrected chi connectivity index (χ4v) is 3.07. The van der Waals surface area contributed by atoms with Crippen molar-refractivity contribution in [3.63, 3.8) is 0 Å². The van der Waals surface area contributed by atoms with Crippen LogP contribution >= 0.6 is 0 Å². The molecule has 0 amide bonds. The Hall–Kier alpha value is -2.74. The van der Waals surface area contributed by atoms with Gasteiger partial charge in [0.1, 0.15) is 17.2 Å². The molecule has 1 unspecified atom stereocenters. The summed E-state index contributed by atoms with van der Waals surface area (Å²) >= 11 is 0. The molecule has 3 aromatic carbocycles. The Morgan fingerprint density at radius 2 is 1.50 bits per heavy atom. The zero-order valence-corrected chi connectivity index (χ0v) is 12.3. The topological polar surface area (TPSA) is 18.5 Å². The number of para-hydroxylation sites is 1. The van der Waals surface area contributed by atoms with Crippen LogP contribution in [0.25, 0.3) is 0 Å². The van der Waals surface area contributed by atoms with Crippen LogP contribution in [0.1, 0.15) is 22.6 Å². The highest BCUT2D eigenvalue weighted by molar-refractivity contribution is 5.59. The van der Waals surface area contributed by atoms with Gasteiger partial charge < -0.3 is 9.47 Å². The molecule has 4 rings (SSSR count). The zero-order valence-electron chi connectivity index (χ0n) is 12.3. The lowest BCUT2D eigenvalue weighted by Crippen LogP contribution is -2.11. The maximum atomic E-state index is 6.07. The van der Waals surface area contributed by atoms with Gasteiger partial charge in [0.25, 0.3) is 0 Å². The molecule has 2 nitrogen and oxygen atoms in total. The summed E-state index contributed by atoms with van der Waals surface area (Å²) in [5.74, 6) is 2.83. The lowest BCUT2D eigenvalue weighted by atomic mass is 9.82. The van der Waals surface area contributed by atoms with Crippen molar-refractivity contribution in [2.75, 3.05) is 7.11 Å². The first-order valence-electron chi connectivity index (χ1n) is 7.36. The zero-order chi connectivity index (χ0) is 14.9. The Kier molecular flexibility index (Phi) is 3.08. The predicted molar refractivity (Wildman–Crippen MR) is 86.9 cm³/mol. The Labute approximate surface area is 129 Å². The summed E-state index contributed by atoms with van der Waals surface area (Å²) in [5, 5.41) is 0. The Morgan fingerprint density at radius 3 is 2.32 bits per heavy atom. The highest BCUT2D eigenvalue weighted by Crippen LogP contribution is 2.47. The van der Waals surface area contributed by atoms with Crippen molar-refractivity contribution in [2.24, 2.45) is 0 Å². The molecular formula is C20H16O2. The quantitative estimate of drug-likeness (QED) is 0.518. The van der Waals surface area contributed by atoms with Crippen LogP contribution < -0.4 is 9.47 Å². The second-order valence-electron chi connectivity index (χ2n) is 5.39. The lowest BCUT2D eigenvalue weighted by molar-refractivity contribution is 0.409. The summed E-state index contributed by atoms with van der Waals surface area (Å²) < 4.78 is 11.5. The van der Waals surface area contributed by atoms with E-state index < -0.39 is 0 Å². The molecule has 0 saturated heterocycles. The molecule has 1 atom stereocenters. The van der Waals surface area contributed by atoms with E-state index in [-0.39, 0.29) is 5.92 Å². The van der Waals surface area contributed by atoms with Crippen LogP contribution in [0.2, 0.25) is 0 Å². The summed E-state index contributed by atoms with van der Waals surface area (Å²) in [5.41, 5.74) is 3.59. The average Bonchev–Trinajstić information content (AvgIpc) is 2.60. The monoisotopic (exact) mass is 288 g/mol. The smallest absolute Gasteiger partial charge is 0.131 e. The molecule has 1 heterocycles. The Bertz CT molecular complexity index is 809. The molecule has 0 N–H and O–H groups in total. The summed E-state index contributed by atoms with van der Waals surface area (Å²) in [6.07, 6.45) is 0. The summed E-state index contributed by atoms with van der Waals surface area (Å²) in [6.45, 7) is 0. The number of methoxy groups -OCH3 is 1.